The van der Waals surface area contributed by atoms with Crippen LogP contribution < -0.4 is 0 Å². The van der Waals surface area contributed by atoms with Gasteiger partial charge in [-0.15, -0.1) is 0 Å². The van der Waals surface area contributed by atoms with Crippen molar-refractivity contribution in [3.05, 3.63) is 46.2 Å². The molecule has 0 amide bonds. The fraction of sp³-hybridized carbons (Fsp3) is 0. The lowest BCUT2D eigenvalue weighted by Gasteiger charge is -1.90. The highest BCUT2D eigenvalue weighted by molar-refractivity contribution is 5.46. The van der Waals surface area contributed by atoms with Gasteiger partial charge < -0.3 is 0 Å². The molecule has 0 fully saturated rings. The molecule has 0 unspecified atom stereocenters. The third kappa shape index (κ3) is 2.12. The van der Waals surface area contributed by atoms with Crippen molar-refractivity contribution in [3.8, 4) is 0 Å². The van der Waals surface area contributed by atoms with Crippen molar-refractivity contribution in [1.29, 1.82) is 0 Å². The molecule has 0 bridgehead atoms. The molecule has 1 heterocycles. The maximum absolute atomic E-state index is 12.7. The number of hydrogen-bond donors (Lipinski definition) is 0. The van der Waals surface area contributed by atoms with Crippen molar-refractivity contribution in [1.82, 2.24) is 4.98 Å². The van der Waals surface area contributed by atoms with Gasteiger partial charge in [0.25, 0.3) is 0 Å². The summed E-state index contributed by atoms with van der Waals surface area (Å²) in [5.41, 5.74) is 0.106. The lowest BCUT2D eigenvalue weighted by molar-refractivity contribution is -0.400. The Morgan fingerprint density at radius 1 is 1.67 bits per heavy atom. The van der Waals surface area contributed by atoms with Gasteiger partial charge in [0.1, 0.15) is 5.82 Å². The van der Waals surface area contributed by atoms with Gasteiger partial charge in [0, 0.05) is 24.0 Å². The van der Waals surface area contributed by atoms with Crippen LogP contribution in [0.25, 0.3) is 6.08 Å². The van der Waals surface area contributed by atoms with E-state index in [9.17, 15) is 14.5 Å². The van der Waals surface area contributed by atoms with Gasteiger partial charge in [-0.1, -0.05) is 0 Å². The number of aromatic nitrogens is 1. The Kier molecular flexibility index (Phi) is 2.47. The summed E-state index contributed by atoms with van der Waals surface area (Å²) >= 11 is 0. The Labute approximate surface area is 67.5 Å². The van der Waals surface area contributed by atoms with E-state index >= 15 is 0 Å². The zero-order chi connectivity index (χ0) is 8.97. The van der Waals surface area contributed by atoms with Crippen molar-refractivity contribution >= 4 is 6.08 Å². The first-order chi connectivity index (χ1) is 5.70. The predicted octanol–water partition coefficient (Wildman–Crippen LogP) is 1.47. The summed E-state index contributed by atoms with van der Waals surface area (Å²) in [5.74, 6) is -0.525. The molecule has 0 N–H and O–H groups in total. The Bertz CT molecular complexity index is 325. The second-order valence-corrected chi connectivity index (χ2v) is 2.00. The molecule has 62 valence electrons. The maximum atomic E-state index is 12.7. The fourth-order valence-corrected chi connectivity index (χ4v) is 0.653. The molecule has 0 aliphatic rings. The van der Waals surface area contributed by atoms with Crippen LogP contribution in [-0.4, -0.2) is 9.91 Å². The lowest BCUT2D eigenvalue weighted by Crippen LogP contribution is -1.86. The first-order valence-corrected chi connectivity index (χ1v) is 3.11. The molecule has 4 nitrogen and oxygen atoms in total. The Morgan fingerprint density at radius 3 is 3.00 bits per heavy atom. The number of nitrogens with zero attached hydrogens (tertiary/aromatic N) is 2. The van der Waals surface area contributed by atoms with E-state index in [1.54, 1.807) is 0 Å². The quantitative estimate of drug-likeness (QED) is 0.496. The van der Waals surface area contributed by atoms with E-state index < -0.39 is 10.7 Å². The second-order valence-electron chi connectivity index (χ2n) is 2.00. The molecule has 12 heavy (non-hydrogen) atoms. The number of nitro groups is 1. The summed E-state index contributed by atoms with van der Waals surface area (Å²) in [7, 11) is 0. The van der Waals surface area contributed by atoms with Crippen molar-refractivity contribution < 1.29 is 9.31 Å². The minimum Gasteiger partial charge on any atom is -0.264 e. The van der Waals surface area contributed by atoms with Gasteiger partial charge in [-0.05, 0) is 6.07 Å². The van der Waals surface area contributed by atoms with Crippen LogP contribution in [0, 0.1) is 15.9 Å². The summed E-state index contributed by atoms with van der Waals surface area (Å²) in [4.78, 5) is 12.8. The van der Waals surface area contributed by atoms with Gasteiger partial charge in [-0.3, -0.25) is 15.1 Å². The lowest BCUT2D eigenvalue weighted by atomic mass is 10.3. The number of rotatable bonds is 2. The molecule has 0 aliphatic heterocycles. The third-order valence-corrected chi connectivity index (χ3v) is 1.17. The summed E-state index contributed by atoms with van der Waals surface area (Å²) in [6.45, 7) is 0. The molecular weight excluding hydrogens is 163 g/mol. The van der Waals surface area contributed by atoms with E-state index in [1.165, 1.54) is 12.4 Å². The van der Waals surface area contributed by atoms with E-state index in [1.807, 2.05) is 0 Å². The number of hydrogen-bond acceptors (Lipinski definition) is 3. The Hall–Kier alpha value is -1.78. The van der Waals surface area contributed by atoms with Crippen LogP contribution in [0.5, 0.6) is 0 Å². The van der Waals surface area contributed by atoms with Gasteiger partial charge in [0.15, 0.2) is 0 Å². The molecule has 1 aromatic rings. The van der Waals surface area contributed by atoms with Gasteiger partial charge in [-0.25, -0.2) is 4.39 Å². The molecule has 1 aromatic heterocycles. The van der Waals surface area contributed by atoms with Gasteiger partial charge in [0.05, 0.1) is 4.92 Å². The monoisotopic (exact) mass is 168 g/mol. The predicted molar refractivity (Wildman–Crippen MR) is 40.2 cm³/mol. The maximum Gasteiger partial charge on any atom is 0.235 e. The minimum atomic E-state index is -0.660. The molecule has 0 saturated heterocycles. The Balaban J connectivity index is 2.89. The minimum absolute atomic E-state index is 0.106. The van der Waals surface area contributed by atoms with E-state index in [0.29, 0.717) is 6.20 Å². The SMILES string of the molecule is O=[N+]([O-])C=Cc1cnccc1F. The third-order valence-electron chi connectivity index (χ3n) is 1.17. The molecule has 0 spiro atoms. The molecule has 5 heteroatoms. The van der Waals surface area contributed by atoms with E-state index in [0.717, 1.165) is 12.1 Å². The largest absolute Gasteiger partial charge is 0.264 e. The van der Waals surface area contributed by atoms with Crippen LogP contribution in [0.1, 0.15) is 5.56 Å². The normalized spacial score (nSPS) is 10.4. The molecule has 0 aliphatic carbocycles. The average molecular weight is 168 g/mol. The molecular formula is C7H5FN2O2. The molecule has 0 aromatic carbocycles. The molecule has 0 saturated carbocycles. The van der Waals surface area contributed by atoms with Gasteiger partial charge in [-0.2, -0.15) is 0 Å². The van der Waals surface area contributed by atoms with Crippen molar-refractivity contribution in [3.63, 3.8) is 0 Å². The van der Waals surface area contributed by atoms with Crippen LogP contribution in [-0.2, 0) is 0 Å². The first-order valence-electron chi connectivity index (χ1n) is 3.11. The second kappa shape index (κ2) is 3.56. The zero-order valence-corrected chi connectivity index (χ0v) is 5.98. The smallest absolute Gasteiger partial charge is 0.235 e. The number of halogens is 1. The van der Waals surface area contributed by atoms with Gasteiger partial charge in [0.2, 0.25) is 6.20 Å². The van der Waals surface area contributed by atoms with Crippen LogP contribution in [0.4, 0.5) is 4.39 Å². The van der Waals surface area contributed by atoms with Gasteiger partial charge >= 0.3 is 0 Å². The molecule has 0 atom stereocenters. The highest BCUT2D eigenvalue weighted by Gasteiger charge is 1.97. The summed E-state index contributed by atoms with van der Waals surface area (Å²) in [6, 6.07) is 1.14. The van der Waals surface area contributed by atoms with E-state index in [-0.39, 0.29) is 5.56 Å². The van der Waals surface area contributed by atoms with E-state index in [2.05, 4.69) is 4.98 Å². The average Bonchev–Trinajstić information content (AvgIpc) is 2.03. The van der Waals surface area contributed by atoms with Crippen LogP contribution in [0.3, 0.4) is 0 Å². The van der Waals surface area contributed by atoms with Crippen molar-refractivity contribution in [2.45, 2.75) is 0 Å². The summed E-state index contributed by atoms with van der Waals surface area (Å²) in [5, 5.41) is 9.86. The standard InChI is InChI=1S/C7H5FN2O2/c8-7-1-3-9-5-6(7)2-4-10(11)12/h1-5H. The highest BCUT2D eigenvalue weighted by Crippen LogP contribution is 2.05. The number of pyridine rings is 1. The van der Waals surface area contributed by atoms with Crippen molar-refractivity contribution in [2.24, 2.45) is 0 Å². The highest BCUT2D eigenvalue weighted by atomic mass is 19.1. The van der Waals surface area contributed by atoms with Crippen LogP contribution in [0.2, 0.25) is 0 Å². The molecule has 0 radical (unpaired) electrons. The Morgan fingerprint density at radius 2 is 2.42 bits per heavy atom. The van der Waals surface area contributed by atoms with Crippen LogP contribution in [0.15, 0.2) is 24.7 Å². The fourth-order valence-electron chi connectivity index (χ4n) is 0.653. The summed E-state index contributed by atoms with van der Waals surface area (Å²) < 4.78 is 12.7. The van der Waals surface area contributed by atoms with Crippen molar-refractivity contribution in [2.75, 3.05) is 0 Å². The van der Waals surface area contributed by atoms with E-state index in [4.69, 9.17) is 0 Å². The molecule has 1 rings (SSSR count). The zero-order valence-electron chi connectivity index (χ0n) is 5.98. The summed E-state index contributed by atoms with van der Waals surface area (Å²) in [6.07, 6.45) is 4.22. The topological polar surface area (TPSA) is 56.0 Å². The van der Waals surface area contributed by atoms with Crippen LogP contribution >= 0.6 is 0 Å². The first kappa shape index (κ1) is 8.32.